The Kier molecular flexibility index (Phi) is 7.50. The van der Waals surface area contributed by atoms with Gasteiger partial charge in [0.15, 0.2) is 6.20 Å². The predicted octanol–water partition coefficient (Wildman–Crippen LogP) is 3.72. The highest BCUT2D eigenvalue weighted by atomic mass is 19.4. The van der Waals surface area contributed by atoms with Gasteiger partial charge in [-0.15, -0.1) is 0 Å². The molecule has 7 nitrogen and oxygen atoms in total. The van der Waals surface area contributed by atoms with Gasteiger partial charge in [0, 0.05) is 29.8 Å². The van der Waals surface area contributed by atoms with E-state index < -0.39 is 23.3 Å². The van der Waals surface area contributed by atoms with Crippen molar-refractivity contribution in [2.45, 2.75) is 51.9 Å². The van der Waals surface area contributed by atoms with Gasteiger partial charge in [0.25, 0.3) is 5.69 Å². The van der Waals surface area contributed by atoms with Crippen LogP contribution >= 0.6 is 0 Å². The summed E-state index contributed by atoms with van der Waals surface area (Å²) in [4.78, 5) is 27.0. The first-order valence-corrected chi connectivity index (χ1v) is 11.1. The van der Waals surface area contributed by atoms with Crippen LogP contribution in [0.25, 0.3) is 0 Å². The summed E-state index contributed by atoms with van der Waals surface area (Å²) in [6.07, 6.45) is -2.80. The van der Waals surface area contributed by atoms with E-state index in [-0.39, 0.29) is 22.1 Å². The largest absolute Gasteiger partial charge is 0.618 e. The van der Waals surface area contributed by atoms with Crippen molar-refractivity contribution in [1.29, 1.82) is 0 Å². The molecule has 1 aliphatic rings. The Balaban J connectivity index is 1.58. The van der Waals surface area contributed by atoms with Crippen LogP contribution in [0.5, 0.6) is 0 Å². The van der Waals surface area contributed by atoms with Gasteiger partial charge in [-0.05, 0) is 70.5 Å². The van der Waals surface area contributed by atoms with Crippen LogP contribution in [0.3, 0.4) is 0 Å². The van der Waals surface area contributed by atoms with Crippen molar-refractivity contribution >= 4 is 17.5 Å². The van der Waals surface area contributed by atoms with Crippen LogP contribution < -0.4 is 15.4 Å². The minimum Gasteiger partial charge on any atom is -0.618 e. The minimum absolute atomic E-state index is 0.0105. The number of carbonyl (C=O) groups excluding carboxylic acids is 2. The standard InChI is InChI=1S/C24H29F3N4O3/c1-23(2,3)29-21(32)17-9-11-30(12-10-17)14-16-5-4-6-19(13-16)28-22(33)20-8-7-18(15-31(20)34)24(25,26)27/h4-8,13,15,17H,9-12,14H2,1-3H3,(H,28,33)(H,29,32). The van der Waals surface area contributed by atoms with Crippen molar-refractivity contribution in [3.05, 3.63) is 64.6 Å². The van der Waals surface area contributed by atoms with E-state index in [0.717, 1.165) is 37.6 Å². The van der Waals surface area contributed by atoms with E-state index in [1.165, 1.54) is 0 Å². The number of hydrogen-bond acceptors (Lipinski definition) is 4. The van der Waals surface area contributed by atoms with E-state index in [1.54, 1.807) is 18.2 Å². The number of likely N-dealkylation sites (tertiary alicyclic amines) is 1. The van der Waals surface area contributed by atoms with Crippen LogP contribution in [-0.2, 0) is 17.5 Å². The van der Waals surface area contributed by atoms with Crippen molar-refractivity contribution < 1.29 is 27.5 Å². The van der Waals surface area contributed by atoms with Crippen molar-refractivity contribution in [1.82, 2.24) is 10.2 Å². The fourth-order valence-corrected chi connectivity index (χ4v) is 3.85. The van der Waals surface area contributed by atoms with Gasteiger partial charge in [0.1, 0.15) is 5.56 Å². The summed E-state index contributed by atoms with van der Waals surface area (Å²) < 4.78 is 38.1. The molecule has 0 aliphatic carbocycles. The Labute approximate surface area is 196 Å². The molecule has 1 aliphatic heterocycles. The summed E-state index contributed by atoms with van der Waals surface area (Å²) in [5.74, 6) is -0.731. The number of piperidine rings is 1. The van der Waals surface area contributed by atoms with Crippen LogP contribution in [0.1, 0.15) is 55.2 Å². The first-order valence-electron chi connectivity index (χ1n) is 11.1. The summed E-state index contributed by atoms with van der Waals surface area (Å²) >= 11 is 0. The molecule has 2 heterocycles. The Morgan fingerprint density at radius 2 is 1.79 bits per heavy atom. The number of alkyl halides is 3. The van der Waals surface area contributed by atoms with E-state index in [0.29, 0.717) is 24.5 Å². The first kappa shape index (κ1) is 25.5. The summed E-state index contributed by atoms with van der Waals surface area (Å²) in [5.41, 5.74) is -0.459. The molecule has 2 N–H and O–H groups in total. The van der Waals surface area contributed by atoms with Gasteiger partial charge < -0.3 is 15.8 Å². The highest BCUT2D eigenvalue weighted by Crippen LogP contribution is 2.28. The molecule has 10 heteroatoms. The zero-order valence-corrected chi connectivity index (χ0v) is 19.4. The first-order chi connectivity index (χ1) is 15.8. The SMILES string of the molecule is CC(C)(C)NC(=O)C1CCN(Cc2cccc(NC(=O)c3ccc(C(F)(F)F)c[n+]3[O-])c2)CC1. The minimum atomic E-state index is -4.67. The molecule has 0 spiro atoms. The molecule has 184 valence electrons. The Hall–Kier alpha value is -3.14. The average Bonchev–Trinajstić information content (AvgIpc) is 2.72. The number of hydrogen-bond donors (Lipinski definition) is 2. The fourth-order valence-electron chi connectivity index (χ4n) is 3.85. The van der Waals surface area contributed by atoms with Gasteiger partial charge >= 0.3 is 12.1 Å². The third-order valence-corrected chi connectivity index (χ3v) is 5.52. The average molecular weight is 479 g/mol. The Morgan fingerprint density at radius 1 is 1.12 bits per heavy atom. The molecule has 1 aromatic carbocycles. The van der Waals surface area contributed by atoms with Gasteiger partial charge in [-0.2, -0.15) is 17.9 Å². The van der Waals surface area contributed by atoms with Crippen molar-refractivity contribution in [2.24, 2.45) is 5.92 Å². The number of nitrogens with one attached hydrogen (secondary N) is 2. The predicted molar refractivity (Wildman–Crippen MR) is 121 cm³/mol. The van der Waals surface area contributed by atoms with Crippen molar-refractivity contribution in [2.75, 3.05) is 18.4 Å². The van der Waals surface area contributed by atoms with Crippen molar-refractivity contribution in [3.63, 3.8) is 0 Å². The molecular formula is C24H29F3N4O3. The fraction of sp³-hybridized carbons (Fsp3) is 0.458. The van der Waals surface area contributed by atoms with Gasteiger partial charge in [-0.25, -0.2) is 0 Å². The van der Waals surface area contributed by atoms with Crippen LogP contribution in [-0.4, -0.2) is 35.3 Å². The van der Waals surface area contributed by atoms with E-state index in [4.69, 9.17) is 0 Å². The maximum Gasteiger partial charge on any atom is 0.422 e. The number of benzene rings is 1. The molecule has 1 aromatic heterocycles. The molecule has 0 saturated carbocycles. The zero-order valence-electron chi connectivity index (χ0n) is 19.4. The number of rotatable bonds is 5. The molecule has 0 bridgehead atoms. The smallest absolute Gasteiger partial charge is 0.422 e. The van der Waals surface area contributed by atoms with Crippen LogP contribution in [0, 0.1) is 11.1 Å². The molecule has 2 aromatic rings. The monoisotopic (exact) mass is 478 g/mol. The lowest BCUT2D eigenvalue weighted by Gasteiger charge is -2.33. The lowest BCUT2D eigenvalue weighted by Crippen LogP contribution is -2.46. The molecular weight excluding hydrogens is 449 g/mol. The maximum absolute atomic E-state index is 12.7. The van der Waals surface area contributed by atoms with E-state index in [1.807, 2.05) is 26.8 Å². The van der Waals surface area contributed by atoms with Crippen LogP contribution in [0.15, 0.2) is 42.6 Å². The third-order valence-electron chi connectivity index (χ3n) is 5.52. The third kappa shape index (κ3) is 6.93. The normalized spacial score (nSPS) is 15.7. The molecule has 34 heavy (non-hydrogen) atoms. The quantitative estimate of drug-likeness (QED) is 0.507. The molecule has 1 fully saturated rings. The lowest BCUT2D eigenvalue weighted by atomic mass is 9.94. The topological polar surface area (TPSA) is 88.4 Å². The lowest BCUT2D eigenvalue weighted by molar-refractivity contribution is -0.608. The van der Waals surface area contributed by atoms with Crippen LogP contribution in [0.4, 0.5) is 18.9 Å². The maximum atomic E-state index is 12.7. The molecule has 2 amide bonds. The number of nitrogens with zero attached hydrogens (tertiary/aromatic N) is 2. The number of anilines is 1. The van der Waals surface area contributed by atoms with E-state index in [2.05, 4.69) is 15.5 Å². The summed E-state index contributed by atoms with van der Waals surface area (Å²) in [6, 6.07) is 8.62. The number of halogens is 3. The number of carbonyl (C=O) groups is 2. The molecule has 0 radical (unpaired) electrons. The van der Waals surface area contributed by atoms with E-state index in [9.17, 15) is 28.0 Å². The second-order valence-corrected chi connectivity index (χ2v) is 9.57. The number of aromatic nitrogens is 1. The number of pyridine rings is 1. The highest BCUT2D eigenvalue weighted by Gasteiger charge is 2.34. The van der Waals surface area contributed by atoms with Gasteiger partial charge in [0.2, 0.25) is 5.91 Å². The molecule has 0 unspecified atom stereocenters. The summed E-state index contributed by atoms with van der Waals surface area (Å²) in [7, 11) is 0. The molecule has 0 atom stereocenters. The summed E-state index contributed by atoms with van der Waals surface area (Å²) in [5, 5.41) is 17.5. The second-order valence-electron chi connectivity index (χ2n) is 9.57. The molecule has 1 saturated heterocycles. The highest BCUT2D eigenvalue weighted by molar-refractivity contribution is 6.01. The van der Waals surface area contributed by atoms with Gasteiger partial charge in [-0.1, -0.05) is 12.1 Å². The second kappa shape index (κ2) is 10.0. The van der Waals surface area contributed by atoms with Gasteiger partial charge in [0.05, 0.1) is 0 Å². The van der Waals surface area contributed by atoms with Crippen molar-refractivity contribution in [3.8, 4) is 0 Å². The van der Waals surface area contributed by atoms with Gasteiger partial charge in [-0.3, -0.25) is 14.5 Å². The van der Waals surface area contributed by atoms with E-state index >= 15 is 0 Å². The Morgan fingerprint density at radius 3 is 2.38 bits per heavy atom. The summed E-state index contributed by atoms with van der Waals surface area (Å²) in [6.45, 7) is 8.03. The number of amides is 2. The van der Waals surface area contributed by atoms with Crippen LogP contribution in [0.2, 0.25) is 0 Å². The molecule has 3 rings (SSSR count). The zero-order chi connectivity index (χ0) is 25.1. The Bertz CT molecular complexity index is 1040.